The fourth-order valence-corrected chi connectivity index (χ4v) is 4.08. The molecule has 2 aliphatic rings. The number of hydrogen-bond donors (Lipinski definition) is 1. The van der Waals surface area contributed by atoms with Crippen LogP contribution >= 0.6 is 0 Å². The van der Waals surface area contributed by atoms with Crippen LogP contribution in [0.5, 0.6) is 0 Å². The molecule has 2 fully saturated rings. The molecule has 2 heteroatoms. The topological polar surface area (TPSA) is 15.3 Å². The minimum absolute atomic E-state index is 0.668. The molecule has 2 heterocycles. The standard InChI is InChI=1S/C16H32N2/c1-13(2)11-15-12-17-8-5-16(15)6-9-18(10-7-16)14(3)4/h13-15,17H,5-12H2,1-4H3. The van der Waals surface area contributed by atoms with Gasteiger partial charge in [0.25, 0.3) is 0 Å². The Kier molecular flexibility index (Phi) is 4.71. The van der Waals surface area contributed by atoms with Crippen LogP contribution in [0.3, 0.4) is 0 Å². The summed E-state index contributed by atoms with van der Waals surface area (Å²) < 4.78 is 0. The number of rotatable bonds is 3. The van der Waals surface area contributed by atoms with E-state index in [9.17, 15) is 0 Å². The zero-order valence-electron chi connectivity index (χ0n) is 12.8. The average Bonchev–Trinajstić information content (AvgIpc) is 2.32. The zero-order valence-corrected chi connectivity index (χ0v) is 12.8. The van der Waals surface area contributed by atoms with Crippen LogP contribution in [0.2, 0.25) is 0 Å². The Labute approximate surface area is 114 Å². The Bertz CT molecular complexity index is 252. The van der Waals surface area contributed by atoms with Crippen LogP contribution in [0.1, 0.15) is 53.4 Å². The maximum Gasteiger partial charge on any atom is 0.00385 e. The SMILES string of the molecule is CC(C)CC1CNCCC12CCN(C(C)C)CC2. The monoisotopic (exact) mass is 252 g/mol. The van der Waals surface area contributed by atoms with Crippen LogP contribution in [0.15, 0.2) is 0 Å². The summed E-state index contributed by atoms with van der Waals surface area (Å²) in [6.45, 7) is 14.6. The summed E-state index contributed by atoms with van der Waals surface area (Å²) in [6, 6.07) is 0.729. The molecule has 2 aliphatic heterocycles. The molecular weight excluding hydrogens is 220 g/mol. The van der Waals surface area contributed by atoms with Gasteiger partial charge >= 0.3 is 0 Å². The number of hydrogen-bond acceptors (Lipinski definition) is 2. The van der Waals surface area contributed by atoms with E-state index in [0.717, 1.165) is 17.9 Å². The molecule has 0 aromatic heterocycles. The number of likely N-dealkylation sites (tertiary alicyclic amines) is 1. The molecule has 0 aromatic rings. The van der Waals surface area contributed by atoms with Crippen molar-refractivity contribution in [3.05, 3.63) is 0 Å². The first-order valence-corrected chi connectivity index (χ1v) is 7.98. The Morgan fingerprint density at radius 1 is 1.11 bits per heavy atom. The highest BCUT2D eigenvalue weighted by atomic mass is 15.2. The first-order chi connectivity index (χ1) is 8.53. The molecule has 106 valence electrons. The third kappa shape index (κ3) is 3.08. The molecule has 0 aliphatic carbocycles. The minimum Gasteiger partial charge on any atom is -0.316 e. The summed E-state index contributed by atoms with van der Waals surface area (Å²) in [6.07, 6.45) is 5.69. The van der Waals surface area contributed by atoms with E-state index in [1.165, 1.54) is 51.9 Å². The van der Waals surface area contributed by atoms with E-state index < -0.39 is 0 Å². The molecular formula is C16H32N2. The van der Waals surface area contributed by atoms with Crippen LogP contribution in [0, 0.1) is 17.3 Å². The van der Waals surface area contributed by atoms with Gasteiger partial charge in [-0.1, -0.05) is 13.8 Å². The van der Waals surface area contributed by atoms with Gasteiger partial charge in [0.2, 0.25) is 0 Å². The molecule has 18 heavy (non-hydrogen) atoms. The molecule has 2 nitrogen and oxygen atoms in total. The fraction of sp³-hybridized carbons (Fsp3) is 1.00. The zero-order chi connectivity index (χ0) is 13.2. The second-order valence-electron chi connectivity index (χ2n) is 7.27. The minimum atomic E-state index is 0.668. The van der Waals surface area contributed by atoms with Crippen LogP contribution in [0.4, 0.5) is 0 Å². The summed E-state index contributed by atoms with van der Waals surface area (Å²) >= 11 is 0. The lowest BCUT2D eigenvalue weighted by Crippen LogP contribution is -2.52. The molecule has 1 unspecified atom stereocenters. The molecule has 2 saturated heterocycles. The molecule has 2 rings (SSSR count). The number of piperidine rings is 2. The number of nitrogens with zero attached hydrogens (tertiary/aromatic N) is 1. The summed E-state index contributed by atoms with van der Waals surface area (Å²) in [7, 11) is 0. The van der Waals surface area contributed by atoms with Crippen molar-refractivity contribution >= 4 is 0 Å². The van der Waals surface area contributed by atoms with Gasteiger partial charge in [0.05, 0.1) is 0 Å². The van der Waals surface area contributed by atoms with E-state index in [-0.39, 0.29) is 0 Å². The lowest BCUT2D eigenvalue weighted by atomic mass is 9.63. The molecule has 0 radical (unpaired) electrons. The largest absolute Gasteiger partial charge is 0.316 e. The van der Waals surface area contributed by atoms with Gasteiger partial charge in [-0.15, -0.1) is 0 Å². The lowest BCUT2D eigenvalue weighted by Gasteiger charge is -2.51. The molecule has 0 amide bonds. The van der Waals surface area contributed by atoms with Crippen LogP contribution in [0.25, 0.3) is 0 Å². The molecule has 1 atom stereocenters. The summed E-state index contributed by atoms with van der Waals surface area (Å²) in [5, 5.41) is 3.63. The van der Waals surface area contributed by atoms with Crippen molar-refractivity contribution in [2.45, 2.75) is 59.4 Å². The summed E-state index contributed by atoms with van der Waals surface area (Å²) in [4.78, 5) is 2.67. The van der Waals surface area contributed by atoms with E-state index in [0.29, 0.717) is 5.41 Å². The van der Waals surface area contributed by atoms with E-state index in [2.05, 4.69) is 37.9 Å². The van der Waals surface area contributed by atoms with Crippen molar-refractivity contribution in [2.75, 3.05) is 26.2 Å². The normalized spacial score (nSPS) is 29.3. The van der Waals surface area contributed by atoms with Crippen LogP contribution < -0.4 is 5.32 Å². The van der Waals surface area contributed by atoms with E-state index in [1.807, 2.05) is 0 Å². The van der Waals surface area contributed by atoms with Crippen LogP contribution in [-0.4, -0.2) is 37.1 Å². The maximum atomic E-state index is 3.63. The summed E-state index contributed by atoms with van der Waals surface area (Å²) in [5.41, 5.74) is 0.668. The van der Waals surface area contributed by atoms with Crippen molar-refractivity contribution in [3.8, 4) is 0 Å². The van der Waals surface area contributed by atoms with Crippen molar-refractivity contribution in [1.82, 2.24) is 10.2 Å². The van der Waals surface area contributed by atoms with E-state index in [4.69, 9.17) is 0 Å². The Balaban J connectivity index is 1.99. The Hall–Kier alpha value is -0.0800. The van der Waals surface area contributed by atoms with E-state index in [1.54, 1.807) is 0 Å². The van der Waals surface area contributed by atoms with Gasteiger partial charge in [0.15, 0.2) is 0 Å². The first-order valence-electron chi connectivity index (χ1n) is 7.98. The second kappa shape index (κ2) is 5.92. The van der Waals surface area contributed by atoms with E-state index >= 15 is 0 Å². The lowest BCUT2D eigenvalue weighted by molar-refractivity contribution is 0.00409. The van der Waals surface area contributed by atoms with Gasteiger partial charge in [-0.05, 0) is 83.0 Å². The van der Waals surface area contributed by atoms with Gasteiger partial charge in [0.1, 0.15) is 0 Å². The Morgan fingerprint density at radius 3 is 2.33 bits per heavy atom. The van der Waals surface area contributed by atoms with Gasteiger partial charge in [0, 0.05) is 6.04 Å². The predicted octanol–water partition coefficient (Wildman–Crippen LogP) is 3.13. The van der Waals surface area contributed by atoms with Crippen molar-refractivity contribution < 1.29 is 0 Å². The smallest absolute Gasteiger partial charge is 0.00385 e. The highest BCUT2D eigenvalue weighted by molar-refractivity contribution is 4.95. The highest BCUT2D eigenvalue weighted by Gasteiger charge is 2.42. The molecule has 1 N–H and O–H groups in total. The third-order valence-corrected chi connectivity index (χ3v) is 5.34. The van der Waals surface area contributed by atoms with Gasteiger partial charge in [-0.25, -0.2) is 0 Å². The second-order valence-corrected chi connectivity index (χ2v) is 7.27. The Morgan fingerprint density at radius 2 is 1.78 bits per heavy atom. The molecule has 0 aromatic carbocycles. The predicted molar refractivity (Wildman–Crippen MR) is 78.8 cm³/mol. The summed E-state index contributed by atoms with van der Waals surface area (Å²) in [5.74, 6) is 1.76. The highest BCUT2D eigenvalue weighted by Crippen LogP contribution is 2.46. The van der Waals surface area contributed by atoms with Gasteiger partial charge in [-0.2, -0.15) is 0 Å². The van der Waals surface area contributed by atoms with Crippen LogP contribution in [-0.2, 0) is 0 Å². The third-order valence-electron chi connectivity index (χ3n) is 5.34. The molecule has 0 bridgehead atoms. The molecule has 0 saturated carbocycles. The average molecular weight is 252 g/mol. The fourth-order valence-electron chi connectivity index (χ4n) is 4.08. The van der Waals surface area contributed by atoms with Crippen molar-refractivity contribution in [1.29, 1.82) is 0 Å². The van der Waals surface area contributed by atoms with Crippen molar-refractivity contribution in [2.24, 2.45) is 17.3 Å². The maximum absolute atomic E-state index is 3.63. The van der Waals surface area contributed by atoms with Gasteiger partial charge in [-0.3, -0.25) is 0 Å². The quantitative estimate of drug-likeness (QED) is 0.830. The number of nitrogens with one attached hydrogen (secondary N) is 1. The molecule has 1 spiro atoms. The van der Waals surface area contributed by atoms with Crippen molar-refractivity contribution in [3.63, 3.8) is 0 Å². The van der Waals surface area contributed by atoms with Gasteiger partial charge < -0.3 is 10.2 Å². The first kappa shape index (κ1) is 14.3.